The molecule has 0 aliphatic carbocycles. The summed E-state index contributed by atoms with van der Waals surface area (Å²) in [6, 6.07) is 6.71. The fourth-order valence-electron chi connectivity index (χ4n) is 2.52. The zero-order valence-electron chi connectivity index (χ0n) is 12.2. The van der Waals surface area contributed by atoms with Gasteiger partial charge in [-0.25, -0.2) is 0 Å². The Hall–Kier alpha value is -0.880. The van der Waals surface area contributed by atoms with Gasteiger partial charge in [0, 0.05) is 23.2 Å². The molecule has 0 amide bonds. The molecule has 2 nitrogen and oxygen atoms in total. The van der Waals surface area contributed by atoms with Crippen LogP contribution in [0.3, 0.4) is 0 Å². The van der Waals surface area contributed by atoms with E-state index in [1.807, 2.05) is 0 Å². The predicted molar refractivity (Wildman–Crippen MR) is 79.6 cm³/mol. The Morgan fingerprint density at radius 2 is 2.10 bits per heavy atom. The molecule has 0 spiro atoms. The second-order valence-corrected chi connectivity index (χ2v) is 6.64. The number of halogens is 3. The van der Waals surface area contributed by atoms with Gasteiger partial charge in [-0.15, -0.1) is 0 Å². The lowest BCUT2D eigenvalue weighted by Gasteiger charge is -2.38. The Kier molecular flexibility index (Phi) is 5.09. The number of para-hydroxylation sites is 1. The van der Waals surface area contributed by atoms with Crippen LogP contribution in [-0.4, -0.2) is 23.8 Å². The molecule has 0 aromatic heterocycles. The van der Waals surface area contributed by atoms with Crippen LogP contribution in [0.2, 0.25) is 0 Å². The highest BCUT2D eigenvalue weighted by Crippen LogP contribution is 2.41. The molecule has 1 saturated heterocycles. The van der Waals surface area contributed by atoms with Gasteiger partial charge in [0.25, 0.3) is 0 Å². The molecular weight excluding hydrogens is 299 g/mol. The first-order valence-corrected chi connectivity index (χ1v) is 7.88. The molecule has 1 N–H and O–H groups in total. The molecule has 1 aromatic carbocycles. The number of hydrogen-bond donors (Lipinski definition) is 1. The second-order valence-electron chi connectivity index (χ2n) is 5.53. The molecule has 2 unspecified atom stereocenters. The van der Waals surface area contributed by atoms with Gasteiger partial charge in [0.15, 0.2) is 0 Å². The van der Waals surface area contributed by atoms with E-state index < -0.39 is 5.51 Å². The van der Waals surface area contributed by atoms with Gasteiger partial charge in [0.1, 0.15) is 0 Å². The van der Waals surface area contributed by atoms with E-state index in [1.54, 1.807) is 18.2 Å². The van der Waals surface area contributed by atoms with Crippen LogP contribution in [0.5, 0.6) is 0 Å². The van der Waals surface area contributed by atoms with E-state index in [4.69, 9.17) is 4.74 Å². The number of benzene rings is 1. The normalized spacial score (nSPS) is 26.6. The molecule has 0 bridgehead atoms. The van der Waals surface area contributed by atoms with Gasteiger partial charge in [-0.1, -0.05) is 19.1 Å². The van der Waals surface area contributed by atoms with Gasteiger partial charge < -0.3 is 10.1 Å². The summed E-state index contributed by atoms with van der Waals surface area (Å²) >= 11 is -0.0722. The van der Waals surface area contributed by atoms with E-state index in [2.05, 4.69) is 19.2 Å². The minimum atomic E-state index is -4.27. The average molecular weight is 319 g/mol. The Morgan fingerprint density at radius 1 is 1.38 bits per heavy atom. The van der Waals surface area contributed by atoms with Crippen molar-refractivity contribution in [2.75, 3.05) is 11.9 Å². The molecule has 2 rings (SSSR count). The van der Waals surface area contributed by atoms with Crippen LogP contribution in [0.25, 0.3) is 0 Å². The summed E-state index contributed by atoms with van der Waals surface area (Å²) in [5, 5.41) is 3.26. The van der Waals surface area contributed by atoms with E-state index in [9.17, 15) is 13.2 Å². The van der Waals surface area contributed by atoms with Crippen molar-refractivity contribution in [2.45, 2.75) is 55.2 Å². The fourth-order valence-corrected chi connectivity index (χ4v) is 3.15. The van der Waals surface area contributed by atoms with Gasteiger partial charge in [-0.3, -0.25) is 0 Å². The van der Waals surface area contributed by atoms with Crippen LogP contribution in [0.1, 0.15) is 33.1 Å². The Bertz CT molecular complexity index is 480. The third-order valence-corrected chi connectivity index (χ3v) is 4.62. The summed E-state index contributed by atoms with van der Waals surface area (Å²) in [6.07, 6.45) is 2.50. The Balaban J connectivity index is 2.09. The monoisotopic (exact) mass is 319 g/mol. The summed E-state index contributed by atoms with van der Waals surface area (Å²) in [5.74, 6) is 0. The maximum absolute atomic E-state index is 12.6. The molecule has 118 valence electrons. The minimum Gasteiger partial charge on any atom is -0.381 e. The zero-order valence-corrected chi connectivity index (χ0v) is 13.0. The smallest absolute Gasteiger partial charge is 0.381 e. The lowest BCUT2D eigenvalue weighted by atomic mass is 9.90. The molecule has 21 heavy (non-hydrogen) atoms. The van der Waals surface area contributed by atoms with Crippen LogP contribution >= 0.6 is 11.8 Å². The van der Waals surface area contributed by atoms with E-state index in [0.29, 0.717) is 12.3 Å². The Labute approximate surface area is 127 Å². The summed E-state index contributed by atoms with van der Waals surface area (Å²) in [4.78, 5) is 0.217. The molecule has 0 saturated carbocycles. The van der Waals surface area contributed by atoms with Crippen molar-refractivity contribution in [1.29, 1.82) is 0 Å². The van der Waals surface area contributed by atoms with E-state index in [-0.39, 0.29) is 28.3 Å². The SMILES string of the molecule is CCC1(C)CC(Nc2ccccc2SC(F)(F)F)CCO1. The molecule has 1 aliphatic rings. The number of nitrogens with one attached hydrogen (secondary N) is 1. The topological polar surface area (TPSA) is 21.3 Å². The number of thioether (sulfide) groups is 1. The molecule has 1 aromatic rings. The minimum absolute atomic E-state index is 0.0722. The van der Waals surface area contributed by atoms with Gasteiger partial charge in [-0.2, -0.15) is 13.2 Å². The first-order valence-electron chi connectivity index (χ1n) is 7.06. The van der Waals surface area contributed by atoms with Crippen molar-refractivity contribution in [3.8, 4) is 0 Å². The molecule has 6 heteroatoms. The predicted octanol–water partition coefficient (Wildman–Crippen LogP) is 5.06. The van der Waals surface area contributed by atoms with E-state index >= 15 is 0 Å². The van der Waals surface area contributed by atoms with Gasteiger partial charge in [0.05, 0.1) is 5.60 Å². The van der Waals surface area contributed by atoms with Crippen LogP contribution in [0.4, 0.5) is 18.9 Å². The number of hydrogen-bond acceptors (Lipinski definition) is 3. The summed E-state index contributed by atoms with van der Waals surface area (Å²) in [5.41, 5.74) is -3.92. The van der Waals surface area contributed by atoms with Crippen molar-refractivity contribution >= 4 is 17.4 Å². The number of ether oxygens (including phenoxy) is 1. The third-order valence-electron chi connectivity index (χ3n) is 3.82. The molecule has 1 aliphatic heterocycles. The highest BCUT2D eigenvalue weighted by molar-refractivity contribution is 8.00. The van der Waals surface area contributed by atoms with Gasteiger partial charge >= 0.3 is 5.51 Å². The van der Waals surface area contributed by atoms with Crippen LogP contribution < -0.4 is 5.32 Å². The largest absolute Gasteiger partial charge is 0.446 e. The van der Waals surface area contributed by atoms with Crippen molar-refractivity contribution in [3.63, 3.8) is 0 Å². The summed E-state index contributed by atoms with van der Waals surface area (Å²) < 4.78 is 43.5. The number of alkyl halides is 3. The number of anilines is 1. The zero-order chi connectivity index (χ0) is 15.5. The van der Waals surface area contributed by atoms with Crippen LogP contribution in [-0.2, 0) is 4.74 Å². The van der Waals surface area contributed by atoms with Crippen molar-refractivity contribution in [1.82, 2.24) is 0 Å². The standard InChI is InChI=1S/C15H20F3NOS/c1-3-14(2)10-11(8-9-20-14)19-12-6-4-5-7-13(12)21-15(16,17)18/h4-7,11,19H,3,8-10H2,1-2H3. The first-order chi connectivity index (χ1) is 9.81. The first kappa shape index (κ1) is 16.5. The molecule has 1 heterocycles. The van der Waals surface area contributed by atoms with Crippen molar-refractivity contribution < 1.29 is 17.9 Å². The second kappa shape index (κ2) is 6.48. The maximum Gasteiger partial charge on any atom is 0.446 e. The Morgan fingerprint density at radius 3 is 2.76 bits per heavy atom. The molecule has 0 radical (unpaired) electrons. The average Bonchev–Trinajstić information content (AvgIpc) is 2.40. The van der Waals surface area contributed by atoms with Gasteiger partial charge in [0.2, 0.25) is 0 Å². The van der Waals surface area contributed by atoms with Crippen LogP contribution in [0.15, 0.2) is 29.2 Å². The molecule has 1 fully saturated rings. The van der Waals surface area contributed by atoms with E-state index in [0.717, 1.165) is 19.3 Å². The highest BCUT2D eigenvalue weighted by atomic mass is 32.2. The molecular formula is C15H20F3NOS. The third kappa shape index (κ3) is 4.81. The summed E-state index contributed by atoms with van der Waals surface area (Å²) in [7, 11) is 0. The quantitative estimate of drug-likeness (QED) is 0.784. The highest BCUT2D eigenvalue weighted by Gasteiger charge is 2.33. The van der Waals surface area contributed by atoms with E-state index in [1.165, 1.54) is 6.07 Å². The summed E-state index contributed by atoms with van der Waals surface area (Å²) in [6.45, 7) is 4.75. The van der Waals surface area contributed by atoms with Crippen molar-refractivity contribution in [3.05, 3.63) is 24.3 Å². The maximum atomic E-state index is 12.6. The van der Waals surface area contributed by atoms with Crippen LogP contribution in [0, 0.1) is 0 Å². The fraction of sp³-hybridized carbons (Fsp3) is 0.600. The van der Waals surface area contributed by atoms with Gasteiger partial charge in [-0.05, 0) is 50.1 Å². The lowest BCUT2D eigenvalue weighted by molar-refractivity contribution is -0.0709. The molecule has 2 atom stereocenters. The lowest BCUT2D eigenvalue weighted by Crippen LogP contribution is -2.41. The number of rotatable bonds is 4. The van der Waals surface area contributed by atoms with Crippen molar-refractivity contribution in [2.24, 2.45) is 0 Å².